The Kier molecular flexibility index (Phi) is 5.01. The van der Waals surface area contributed by atoms with Gasteiger partial charge in [-0.2, -0.15) is 0 Å². The van der Waals surface area contributed by atoms with Gasteiger partial charge < -0.3 is 20.5 Å². The quantitative estimate of drug-likeness (QED) is 0.511. The van der Waals surface area contributed by atoms with Gasteiger partial charge in [0.1, 0.15) is 0 Å². The molecule has 15 heavy (non-hydrogen) atoms. The molecule has 1 aliphatic rings. The fourth-order valence-electron chi connectivity index (χ4n) is 1.69. The second kappa shape index (κ2) is 6.05. The lowest BCUT2D eigenvalue weighted by atomic mass is 9.99. The monoisotopic (exact) mass is 216 g/mol. The summed E-state index contributed by atoms with van der Waals surface area (Å²) in [5.74, 6) is 0.0348. The van der Waals surface area contributed by atoms with Gasteiger partial charge in [-0.1, -0.05) is 0 Å². The SMILES string of the molecule is CC1(C(=O)NCCOCCO)CCCN1. The third kappa shape index (κ3) is 3.77. The van der Waals surface area contributed by atoms with E-state index in [0.29, 0.717) is 19.8 Å². The molecule has 0 saturated carbocycles. The number of hydrogen-bond acceptors (Lipinski definition) is 4. The van der Waals surface area contributed by atoms with Crippen molar-refractivity contribution in [2.75, 3.05) is 32.9 Å². The van der Waals surface area contributed by atoms with Gasteiger partial charge >= 0.3 is 0 Å². The molecule has 1 saturated heterocycles. The first kappa shape index (κ1) is 12.4. The molecule has 5 heteroatoms. The van der Waals surface area contributed by atoms with Crippen molar-refractivity contribution in [3.63, 3.8) is 0 Å². The van der Waals surface area contributed by atoms with E-state index < -0.39 is 5.54 Å². The Morgan fingerprint density at radius 3 is 3.00 bits per heavy atom. The Balaban J connectivity index is 2.12. The van der Waals surface area contributed by atoms with Crippen LogP contribution in [0.5, 0.6) is 0 Å². The topological polar surface area (TPSA) is 70.6 Å². The van der Waals surface area contributed by atoms with E-state index in [1.807, 2.05) is 6.92 Å². The van der Waals surface area contributed by atoms with Crippen LogP contribution in [0.15, 0.2) is 0 Å². The van der Waals surface area contributed by atoms with Crippen LogP contribution in [-0.2, 0) is 9.53 Å². The maximum Gasteiger partial charge on any atom is 0.240 e. The zero-order chi connectivity index (χ0) is 11.1. The van der Waals surface area contributed by atoms with Gasteiger partial charge in [-0.3, -0.25) is 4.79 Å². The van der Waals surface area contributed by atoms with Gasteiger partial charge in [0.05, 0.1) is 25.4 Å². The number of hydrogen-bond donors (Lipinski definition) is 3. The van der Waals surface area contributed by atoms with Gasteiger partial charge in [0.2, 0.25) is 5.91 Å². The summed E-state index contributed by atoms with van der Waals surface area (Å²) in [4.78, 5) is 11.7. The maximum absolute atomic E-state index is 11.7. The summed E-state index contributed by atoms with van der Waals surface area (Å²) in [6.45, 7) is 4.12. The van der Waals surface area contributed by atoms with Gasteiger partial charge in [-0.25, -0.2) is 0 Å². The lowest BCUT2D eigenvalue weighted by molar-refractivity contribution is -0.126. The second-order valence-corrected chi connectivity index (χ2v) is 3.95. The Morgan fingerprint density at radius 1 is 1.60 bits per heavy atom. The number of nitrogens with one attached hydrogen (secondary N) is 2. The fourth-order valence-corrected chi connectivity index (χ4v) is 1.69. The van der Waals surface area contributed by atoms with E-state index in [2.05, 4.69) is 10.6 Å². The summed E-state index contributed by atoms with van der Waals surface area (Å²) in [5.41, 5.74) is -0.406. The van der Waals surface area contributed by atoms with Crippen molar-refractivity contribution in [2.24, 2.45) is 0 Å². The molecular formula is C10H20N2O3. The minimum Gasteiger partial charge on any atom is -0.394 e. The van der Waals surface area contributed by atoms with E-state index in [9.17, 15) is 4.79 Å². The highest BCUT2D eigenvalue weighted by Gasteiger charge is 2.35. The maximum atomic E-state index is 11.7. The van der Waals surface area contributed by atoms with Crippen molar-refractivity contribution >= 4 is 5.91 Å². The number of aliphatic hydroxyl groups is 1. The van der Waals surface area contributed by atoms with Crippen LogP contribution in [-0.4, -0.2) is 49.5 Å². The molecule has 0 aliphatic carbocycles. The normalized spacial score (nSPS) is 25.5. The van der Waals surface area contributed by atoms with Crippen molar-refractivity contribution in [3.8, 4) is 0 Å². The lowest BCUT2D eigenvalue weighted by Crippen LogP contribution is -2.51. The molecule has 5 nitrogen and oxygen atoms in total. The molecule has 0 aromatic carbocycles. The molecule has 1 rings (SSSR count). The van der Waals surface area contributed by atoms with Crippen molar-refractivity contribution in [3.05, 3.63) is 0 Å². The average Bonchev–Trinajstić information content (AvgIpc) is 2.66. The van der Waals surface area contributed by atoms with Crippen LogP contribution in [0, 0.1) is 0 Å². The minimum absolute atomic E-state index is 0.0210. The zero-order valence-corrected chi connectivity index (χ0v) is 9.21. The molecule has 1 amide bonds. The van der Waals surface area contributed by atoms with Gasteiger partial charge in [0.15, 0.2) is 0 Å². The first-order valence-electron chi connectivity index (χ1n) is 5.41. The molecular weight excluding hydrogens is 196 g/mol. The van der Waals surface area contributed by atoms with Crippen LogP contribution in [0.4, 0.5) is 0 Å². The van der Waals surface area contributed by atoms with E-state index in [0.717, 1.165) is 19.4 Å². The highest BCUT2D eigenvalue weighted by atomic mass is 16.5. The Hall–Kier alpha value is -0.650. The summed E-state index contributed by atoms with van der Waals surface area (Å²) in [6.07, 6.45) is 1.93. The molecule has 0 aromatic rings. The highest BCUT2D eigenvalue weighted by molar-refractivity contribution is 5.86. The minimum atomic E-state index is -0.406. The van der Waals surface area contributed by atoms with Crippen molar-refractivity contribution in [1.82, 2.24) is 10.6 Å². The molecule has 88 valence electrons. The Morgan fingerprint density at radius 2 is 2.40 bits per heavy atom. The van der Waals surface area contributed by atoms with Crippen LogP contribution in [0.1, 0.15) is 19.8 Å². The molecule has 1 unspecified atom stereocenters. The van der Waals surface area contributed by atoms with E-state index >= 15 is 0 Å². The van der Waals surface area contributed by atoms with Crippen LogP contribution >= 0.6 is 0 Å². The molecule has 0 bridgehead atoms. The van der Waals surface area contributed by atoms with E-state index in [4.69, 9.17) is 9.84 Å². The zero-order valence-electron chi connectivity index (χ0n) is 9.21. The van der Waals surface area contributed by atoms with Crippen molar-refractivity contribution < 1.29 is 14.6 Å². The average molecular weight is 216 g/mol. The molecule has 1 aliphatic heterocycles. The molecule has 0 aromatic heterocycles. The van der Waals surface area contributed by atoms with Crippen LogP contribution < -0.4 is 10.6 Å². The summed E-state index contributed by atoms with van der Waals surface area (Å²) < 4.78 is 5.04. The summed E-state index contributed by atoms with van der Waals surface area (Å²) in [7, 11) is 0. The largest absolute Gasteiger partial charge is 0.394 e. The number of amides is 1. The molecule has 1 heterocycles. The Labute approximate surface area is 90.2 Å². The van der Waals surface area contributed by atoms with Crippen molar-refractivity contribution in [1.29, 1.82) is 0 Å². The standard InChI is InChI=1S/C10H20N2O3/c1-10(3-2-4-12-10)9(14)11-5-7-15-8-6-13/h12-13H,2-8H2,1H3,(H,11,14). The first-order valence-corrected chi connectivity index (χ1v) is 5.41. The van der Waals surface area contributed by atoms with E-state index in [1.54, 1.807) is 0 Å². The molecule has 0 radical (unpaired) electrons. The number of rotatable bonds is 6. The lowest BCUT2D eigenvalue weighted by Gasteiger charge is -2.22. The van der Waals surface area contributed by atoms with Crippen LogP contribution in [0.2, 0.25) is 0 Å². The number of aliphatic hydroxyl groups excluding tert-OH is 1. The van der Waals surface area contributed by atoms with Gasteiger partial charge in [0, 0.05) is 6.54 Å². The molecule has 1 fully saturated rings. The van der Waals surface area contributed by atoms with Gasteiger partial charge in [-0.15, -0.1) is 0 Å². The summed E-state index contributed by atoms with van der Waals surface area (Å²) in [5, 5.41) is 14.5. The third-order valence-electron chi connectivity index (χ3n) is 2.64. The number of ether oxygens (including phenoxy) is 1. The fraction of sp³-hybridized carbons (Fsp3) is 0.900. The predicted octanol–water partition coefficient (Wildman–Crippen LogP) is -0.746. The number of carbonyl (C=O) groups excluding carboxylic acids is 1. The van der Waals surface area contributed by atoms with Gasteiger partial charge in [0.25, 0.3) is 0 Å². The van der Waals surface area contributed by atoms with E-state index in [-0.39, 0.29) is 12.5 Å². The second-order valence-electron chi connectivity index (χ2n) is 3.95. The molecule has 3 N–H and O–H groups in total. The Bertz CT molecular complexity index is 203. The highest BCUT2D eigenvalue weighted by Crippen LogP contribution is 2.17. The number of carbonyl (C=O) groups is 1. The summed E-state index contributed by atoms with van der Waals surface area (Å²) in [6, 6.07) is 0. The molecule has 0 spiro atoms. The van der Waals surface area contributed by atoms with Gasteiger partial charge in [-0.05, 0) is 26.3 Å². The van der Waals surface area contributed by atoms with Crippen LogP contribution in [0.3, 0.4) is 0 Å². The van der Waals surface area contributed by atoms with Crippen LogP contribution in [0.25, 0.3) is 0 Å². The molecule has 1 atom stereocenters. The summed E-state index contributed by atoms with van der Waals surface area (Å²) >= 11 is 0. The van der Waals surface area contributed by atoms with E-state index in [1.165, 1.54) is 0 Å². The van der Waals surface area contributed by atoms with Crippen molar-refractivity contribution in [2.45, 2.75) is 25.3 Å². The predicted molar refractivity (Wildman–Crippen MR) is 56.6 cm³/mol. The smallest absolute Gasteiger partial charge is 0.240 e. The third-order valence-corrected chi connectivity index (χ3v) is 2.64. The first-order chi connectivity index (χ1) is 7.19.